The molecule has 5 aliphatic rings. The Bertz CT molecular complexity index is 5870. The molecule has 0 amide bonds. The van der Waals surface area contributed by atoms with Crippen LogP contribution in [0.15, 0.2) is 155 Å². The van der Waals surface area contributed by atoms with Crippen molar-refractivity contribution in [1.29, 1.82) is 0 Å². The number of carboxylic acids is 2. The first-order chi connectivity index (χ1) is 58.4. The van der Waals surface area contributed by atoms with Crippen molar-refractivity contribution in [3.63, 3.8) is 0 Å². The minimum absolute atomic E-state index is 0.0229. The topological polar surface area (TPSA) is 271 Å². The molecule has 12 aromatic rings. The van der Waals surface area contributed by atoms with E-state index in [1.165, 1.54) is 39.2 Å². The summed E-state index contributed by atoms with van der Waals surface area (Å²) in [6, 6.07) is 37.5. The Morgan fingerprint density at radius 3 is 1.37 bits per heavy atom. The largest absolute Gasteiger partial charge is 0.480 e. The Kier molecular flexibility index (Phi) is 25.4. The smallest absolute Gasteiger partial charge is 0.387 e. The lowest BCUT2D eigenvalue weighted by molar-refractivity contribution is -0.153. The van der Waals surface area contributed by atoms with E-state index in [1.54, 1.807) is 30.2 Å². The Morgan fingerprint density at radius 1 is 0.496 bits per heavy atom. The van der Waals surface area contributed by atoms with Crippen LogP contribution in [0.2, 0.25) is 0 Å². The summed E-state index contributed by atoms with van der Waals surface area (Å²) in [5.74, 6) is -1.72. The van der Waals surface area contributed by atoms with Gasteiger partial charge in [-0.3, -0.25) is 58.7 Å². The maximum atomic E-state index is 13.6. The second-order valence-corrected chi connectivity index (χ2v) is 32.3. The number of rotatable bonds is 24. The van der Waals surface area contributed by atoms with Crippen molar-refractivity contribution < 1.29 is 79.5 Å². The molecule has 23 nitrogen and oxygen atoms in total. The average molecular weight is 1650 g/mol. The van der Waals surface area contributed by atoms with Gasteiger partial charge in [-0.05, 0) is 247 Å². The molecule has 6 aromatic carbocycles. The van der Waals surface area contributed by atoms with Crippen molar-refractivity contribution in [3.8, 4) is 56.7 Å². The van der Waals surface area contributed by atoms with Crippen molar-refractivity contribution in [1.82, 2.24) is 49.5 Å². The van der Waals surface area contributed by atoms with Gasteiger partial charge in [0.05, 0.1) is 36.6 Å². The van der Waals surface area contributed by atoms with Crippen molar-refractivity contribution in [2.75, 3.05) is 53.6 Å². The first kappa shape index (κ1) is 84.4. The van der Waals surface area contributed by atoms with E-state index in [0.29, 0.717) is 104 Å². The zero-order chi connectivity index (χ0) is 85.0. The lowest BCUT2D eigenvalue weighted by Gasteiger charge is -2.32. The summed E-state index contributed by atoms with van der Waals surface area (Å²) < 4.78 is 91.6. The number of hydrogen-bond donors (Lipinski definition) is 2. The van der Waals surface area contributed by atoms with Crippen molar-refractivity contribution in [3.05, 3.63) is 213 Å². The number of alkyl halides is 4. The van der Waals surface area contributed by atoms with E-state index in [1.807, 2.05) is 104 Å². The van der Waals surface area contributed by atoms with Crippen LogP contribution in [-0.2, 0) is 72.4 Å². The molecular weight excluding hydrogens is 1550 g/mol. The molecule has 5 aliphatic heterocycles. The van der Waals surface area contributed by atoms with Gasteiger partial charge in [0.25, 0.3) is 0 Å². The number of likely N-dealkylation sites (tertiary alicyclic amines) is 4. The van der Waals surface area contributed by atoms with E-state index < -0.39 is 48.3 Å². The molecule has 5 saturated heterocycles. The van der Waals surface area contributed by atoms with Crippen molar-refractivity contribution in [2.24, 2.45) is 0 Å². The molecule has 5 fully saturated rings. The van der Waals surface area contributed by atoms with Crippen molar-refractivity contribution >= 4 is 67.9 Å². The monoisotopic (exact) mass is 1650 g/mol. The second kappa shape index (κ2) is 36.4. The minimum Gasteiger partial charge on any atom is -0.480 e. The van der Waals surface area contributed by atoms with Crippen LogP contribution >= 0.6 is 0 Å². The number of ether oxygens (including phenoxy) is 5. The van der Waals surface area contributed by atoms with Crippen LogP contribution in [0.25, 0.3) is 89.2 Å². The highest BCUT2D eigenvalue weighted by molar-refractivity contribution is 5.88. The fraction of sp³-hybridized carbons (Fsp3) is 0.383. The molecule has 4 atom stereocenters. The number of oxazole rings is 2. The number of fused-ring (bicyclic) bond motifs is 4. The third-order valence-corrected chi connectivity index (χ3v) is 24.8. The number of carbonyl (C=O) groups is 4. The van der Waals surface area contributed by atoms with Gasteiger partial charge in [0.2, 0.25) is 11.8 Å². The van der Waals surface area contributed by atoms with Crippen LogP contribution in [0.1, 0.15) is 145 Å². The Hall–Kier alpha value is -11.6. The van der Waals surface area contributed by atoms with E-state index in [2.05, 4.69) is 61.2 Å². The first-order valence-electron chi connectivity index (χ1n) is 41.1. The third kappa shape index (κ3) is 18.0. The number of methoxy groups -OCH3 is 2. The summed E-state index contributed by atoms with van der Waals surface area (Å²) in [5.41, 5.74) is 18.0. The Balaban J connectivity index is 0.000000178. The third-order valence-electron chi connectivity index (χ3n) is 24.8. The molecule has 630 valence electrons. The molecule has 0 saturated carbocycles. The number of carbonyl (C=O) groups excluding carboxylic acids is 2. The first-order valence-corrected chi connectivity index (χ1v) is 41.1. The molecule has 2 N–H and O–H groups in total. The number of carboxylic acid groups (broad SMARTS) is 2. The number of nitrogens with zero attached hydrogens (tertiary/aromatic N) is 10. The number of benzene rings is 6. The van der Waals surface area contributed by atoms with Crippen LogP contribution in [0, 0.1) is 27.7 Å². The van der Waals surface area contributed by atoms with E-state index in [0.717, 1.165) is 163 Å². The zero-order valence-corrected chi connectivity index (χ0v) is 69.1. The number of halogens is 4. The van der Waals surface area contributed by atoms with Gasteiger partial charge in [-0.25, -0.2) is 9.97 Å². The molecule has 27 heteroatoms. The normalized spacial score (nSPS) is 19.0. The molecule has 0 unspecified atom stereocenters. The molecule has 0 aliphatic carbocycles. The van der Waals surface area contributed by atoms with Crippen LogP contribution in [-0.4, -0.2) is 174 Å². The van der Waals surface area contributed by atoms with Crippen molar-refractivity contribution in [2.45, 2.75) is 181 Å². The van der Waals surface area contributed by atoms with Gasteiger partial charge in [0.1, 0.15) is 45.7 Å². The standard InChI is InChI=1S/C46H47F2N5O6.C44H43F2N5O6.C4H8O/c1-27-30(21-37-41-31(15-17-49-37)20-29(24-50-41)25-53-19-9-16-46(53,3)44(55)57-5)10-6-11-33(27)34-12-7-13-35(28(34)2)42-51-36-22-32(39(59-45(47)48)23-40(36)58-42)26-52-18-8-14-38(52)43(54)56-4;1-25-28(19-35-39-29(13-15-47-35)18-27(22-48-39)23-51-17-7-14-44(51,3)42(54)55)8-4-9-31(25)32-10-5-11-33(26(32)2)40-49-34-20-30(24-50-16-6-12-36(50)41(52)53)37(57-43(45)46)21-38(34)56-40;1-2-4-5-3-1/h6-7,10-13,15,17,20,22-24,38,45H,8-9,14,16,18-19,21,25-26H2,1-5H3;4-5,8-11,13,15,18,20-22,36,43H,6-7,12,14,16-17,19,23-24H2,1-3H3,(H,52,53)(H,54,55);1-4H2/t38-,46-;36-,44-;/m00./s1. The number of aliphatic carboxylic acids is 2. The highest BCUT2D eigenvalue weighted by atomic mass is 19.3. The van der Waals surface area contributed by atoms with E-state index in [9.17, 15) is 47.0 Å². The molecule has 0 radical (unpaired) electrons. The number of esters is 2. The fourth-order valence-electron chi connectivity index (χ4n) is 18.0. The van der Waals surface area contributed by atoms with Gasteiger partial charge in [-0.1, -0.05) is 60.7 Å². The summed E-state index contributed by atoms with van der Waals surface area (Å²) in [6.07, 6.45) is 16.8. The minimum atomic E-state index is -3.07. The maximum Gasteiger partial charge on any atom is 0.387 e. The quantitative estimate of drug-likeness (QED) is 0.0420. The highest BCUT2D eigenvalue weighted by Crippen LogP contribution is 2.43. The van der Waals surface area contributed by atoms with Gasteiger partial charge in [-0.2, -0.15) is 17.6 Å². The summed E-state index contributed by atoms with van der Waals surface area (Å²) >= 11 is 0. The number of aromatic nitrogens is 6. The number of hydrogen-bond acceptors (Lipinski definition) is 21. The zero-order valence-electron chi connectivity index (χ0n) is 69.1. The SMILES string of the molecule is C1CCOC1.COC(=O)[C@@H]1CCCN1Cc1cc2nc(-c3cccc(-c4cccc(Cc5nccc6cc(CN7CCC[C@@]7(C)C(=O)OC)cnc56)c4C)c3C)oc2cc1OC(F)F.Cc1c(Cc2nccc3cc(CN4CCC[C@@]4(C)C(=O)O)cnc23)cccc1-c1cccc(-c2nc3cc(CN4CCC[C@H]4C(=O)O)c(OC(F)F)cc3o2)c1C. The van der Waals surface area contributed by atoms with Crippen LogP contribution < -0.4 is 9.47 Å². The Morgan fingerprint density at radius 2 is 0.934 bits per heavy atom. The predicted octanol–water partition coefficient (Wildman–Crippen LogP) is 17.8. The van der Waals surface area contributed by atoms with E-state index in [4.69, 9.17) is 62.4 Å². The average Bonchev–Trinajstić information content (AvgIpc) is 1.75. The molecule has 11 heterocycles. The summed E-state index contributed by atoms with van der Waals surface area (Å²) in [6.45, 7) is 12.0. The number of pyridine rings is 4. The lowest BCUT2D eigenvalue weighted by Crippen LogP contribution is -2.48. The van der Waals surface area contributed by atoms with Gasteiger partial charge >= 0.3 is 37.1 Å². The van der Waals surface area contributed by atoms with Gasteiger partial charge in [-0.15, -0.1) is 0 Å². The summed E-state index contributed by atoms with van der Waals surface area (Å²) in [7, 11) is 2.79. The van der Waals surface area contributed by atoms with Gasteiger partial charge < -0.3 is 42.7 Å². The van der Waals surface area contributed by atoms with Gasteiger partial charge in [0, 0.05) is 122 Å². The lowest BCUT2D eigenvalue weighted by atomic mass is 9.90. The maximum absolute atomic E-state index is 13.6. The van der Waals surface area contributed by atoms with Crippen LogP contribution in [0.3, 0.4) is 0 Å². The molecule has 17 rings (SSSR count). The molecule has 121 heavy (non-hydrogen) atoms. The summed E-state index contributed by atoms with van der Waals surface area (Å²) in [4.78, 5) is 85.6. The van der Waals surface area contributed by atoms with Crippen LogP contribution in [0.4, 0.5) is 17.6 Å². The highest BCUT2D eigenvalue weighted by Gasteiger charge is 2.45. The van der Waals surface area contributed by atoms with E-state index in [-0.39, 0.29) is 42.1 Å². The molecule has 6 aromatic heterocycles. The van der Waals surface area contributed by atoms with Gasteiger partial charge in [0.15, 0.2) is 11.2 Å². The second-order valence-electron chi connectivity index (χ2n) is 32.3. The van der Waals surface area contributed by atoms with E-state index >= 15 is 0 Å². The fourth-order valence-corrected chi connectivity index (χ4v) is 18.0. The molecular formula is C94H98F4N10O13. The Labute approximate surface area is 698 Å². The predicted molar refractivity (Wildman–Crippen MR) is 449 cm³/mol. The molecule has 0 bridgehead atoms. The summed E-state index contributed by atoms with van der Waals surface area (Å²) in [5, 5.41) is 21.5. The molecule has 0 spiro atoms. The van der Waals surface area contributed by atoms with Crippen LogP contribution in [0.5, 0.6) is 11.5 Å².